The third-order valence-corrected chi connectivity index (χ3v) is 11.5. The summed E-state index contributed by atoms with van der Waals surface area (Å²) in [6.07, 6.45) is 0. The lowest BCUT2D eigenvalue weighted by molar-refractivity contribution is 0.673. The Morgan fingerprint density at radius 2 is 1.08 bits per heavy atom. The second kappa shape index (κ2) is 11.5. The number of aromatic nitrogens is 2. The average Bonchev–Trinajstić information content (AvgIpc) is 3.78. The molecule has 8 aromatic carbocycles. The number of fused-ring (bicyclic) bond motifs is 9. The highest BCUT2D eigenvalue weighted by atomic mass is 32.1. The van der Waals surface area contributed by atoms with Gasteiger partial charge in [-0.3, -0.25) is 0 Å². The van der Waals surface area contributed by atoms with Crippen molar-refractivity contribution in [1.82, 2.24) is 9.97 Å². The molecule has 0 atom stereocenters. The van der Waals surface area contributed by atoms with Crippen molar-refractivity contribution >= 4 is 75.1 Å². The van der Waals surface area contributed by atoms with Crippen LogP contribution in [0.15, 0.2) is 174 Å². The molecule has 11 aromatic rings. The van der Waals surface area contributed by atoms with E-state index in [1.807, 2.05) is 6.07 Å². The topological polar surface area (TPSA) is 38.9 Å². The van der Waals surface area contributed by atoms with Gasteiger partial charge in [0.1, 0.15) is 11.2 Å². The van der Waals surface area contributed by atoms with E-state index in [4.69, 9.17) is 14.4 Å². The van der Waals surface area contributed by atoms with Crippen LogP contribution in [0.2, 0.25) is 0 Å². The second-order valence-corrected chi connectivity index (χ2v) is 14.4. The zero-order valence-electron chi connectivity index (χ0n) is 27.9. The lowest BCUT2D eigenvalue weighted by atomic mass is 9.97. The Labute approximate surface area is 303 Å². The summed E-state index contributed by atoms with van der Waals surface area (Å²) in [5, 5.41) is 7.90. The lowest BCUT2D eigenvalue weighted by Gasteiger charge is -2.10. The van der Waals surface area contributed by atoms with Crippen LogP contribution < -0.4 is 0 Å². The van der Waals surface area contributed by atoms with Gasteiger partial charge in [0, 0.05) is 37.4 Å². The summed E-state index contributed by atoms with van der Waals surface area (Å²) in [5.74, 6) is 0.713. The highest BCUT2D eigenvalue weighted by Gasteiger charge is 2.20. The van der Waals surface area contributed by atoms with Gasteiger partial charge in [-0.1, -0.05) is 140 Å². The van der Waals surface area contributed by atoms with Gasteiger partial charge in [-0.15, -0.1) is 11.3 Å². The molecule has 0 amide bonds. The standard InChI is InChI=1S/C48H28N2OS/c1-2-11-32(12-3-1)44-47-45(39-16-8-9-17-43(39)52-47)50-48(49-44)41-28-40-37-25-24-35(27-42(37)51-46(40)38-15-7-6-14-36(38)41)31-20-18-30(19-21-31)34-23-22-29-10-4-5-13-33(29)26-34/h1-28H. The first kappa shape index (κ1) is 29.1. The van der Waals surface area contributed by atoms with Crippen molar-refractivity contribution in [2.75, 3.05) is 0 Å². The van der Waals surface area contributed by atoms with Crippen LogP contribution in [-0.2, 0) is 0 Å². The Morgan fingerprint density at radius 1 is 0.423 bits per heavy atom. The maximum Gasteiger partial charge on any atom is 0.161 e. The Bertz CT molecular complexity index is 3180. The summed E-state index contributed by atoms with van der Waals surface area (Å²) < 4.78 is 9.04. The van der Waals surface area contributed by atoms with Gasteiger partial charge in [0.25, 0.3) is 0 Å². The predicted octanol–water partition coefficient (Wildman–Crippen LogP) is 13.7. The van der Waals surface area contributed by atoms with Crippen LogP contribution >= 0.6 is 11.3 Å². The molecule has 242 valence electrons. The van der Waals surface area contributed by atoms with Gasteiger partial charge in [-0.25, -0.2) is 9.97 Å². The SMILES string of the molecule is c1ccc(-c2nc(-c3cc4c5ccc(-c6ccc(-c7ccc8ccccc8c7)cc6)cc5oc4c4ccccc34)nc3c2sc2ccccc23)cc1. The molecule has 0 fully saturated rings. The lowest BCUT2D eigenvalue weighted by Crippen LogP contribution is -1.94. The van der Waals surface area contributed by atoms with E-state index in [-0.39, 0.29) is 0 Å². The third-order valence-electron chi connectivity index (χ3n) is 10.3. The second-order valence-electron chi connectivity index (χ2n) is 13.3. The van der Waals surface area contributed by atoms with Crippen molar-refractivity contribution in [3.63, 3.8) is 0 Å². The largest absolute Gasteiger partial charge is 0.455 e. The van der Waals surface area contributed by atoms with E-state index in [9.17, 15) is 0 Å². The molecule has 0 aliphatic rings. The molecule has 0 bridgehead atoms. The Balaban J connectivity index is 1.06. The number of nitrogens with zero attached hydrogens (tertiary/aromatic N) is 2. The van der Waals surface area contributed by atoms with Crippen molar-refractivity contribution in [2.24, 2.45) is 0 Å². The molecule has 0 aliphatic heterocycles. The van der Waals surface area contributed by atoms with Crippen LogP contribution in [0.4, 0.5) is 0 Å². The fourth-order valence-electron chi connectivity index (χ4n) is 7.69. The number of rotatable bonds is 4. The van der Waals surface area contributed by atoms with Gasteiger partial charge < -0.3 is 4.42 Å². The maximum atomic E-state index is 6.72. The molecule has 0 spiro atoms. The summed E-state index contributed by atoms with van der Waals surface area (Å²) in [5.41, 5.74) is 10.4. The predicted molar refractivity (Wildman–Crippen MR) is 219 cm³/mol. The summed E-state index contributed by atoms with van der Waals surface area (Å²) in [7, 11) is 0. The van der Waals surface area contributed by atoms with E-state index in [1.54, 1.807) is 11.3 Å². The maximum absolute atomic E-state index is 6.72. The minimum atomic E-state index is 0.713. The monoisotopic (exact) mass is 680 g/mol. The Morgan fingerprint density at radius 3 is 1.90 bits per heavy atom. The first-order valence-electron chi connectivity index (χ1n) is 17.5. The van der Waals surface area contributed by atoms with E-state index in [1.165, 1.54) is 26.6 Å². The number of hydrogen-bond acceptors (Lipinski definition) is 4. The summed E-state index contributed by atoms with van der Waals surface area (Å²) in [4.78, 5) is 10.6. The molecule has 0 saturated carbocycles. The van der Waals surface area contributed by atoms with E-state index >= 15 is 0 Å². The van der Waals surface area contributed by atoms with Crippen LogP contribution in [0, 0.1) is 0 Å². The van der Waals surface area contributed by atoms with E-state index in [0.29, 0.717) is 5.82 Å². The summed E-state index contributed by atoms with van der Waals surface area (Å²) >= 11 is 1.76. The van der Waals surface area contributed by atoms with Crippen LogP contribution in [0.25, 0.3) is 109 Å². The van der Waals surface area contributed by atoms with Gasteiger partial charge in [0.05, 0.1) is 15.9 Å². The van der Waals surface area contributed by atoms with E-state index in [2.05, 4.69) is 164 Å². The molecule has 52 heavy (non-hydrogen) atoms. The molecule has 11 rings (SSSR count). The van der Waals surface area contributed by atoms with Gasteiger partial charge in [-0.05, 0) is 68.7 Å². The molecule has 0 aliphatic carbocycles. The van der Waals surface area contributed by atoms with Crippen LogP contribution in [0.5, 0.6) is 0 Å². The van der Waals surface area contributed by atoms with Crippen molar-refractivity contribution in [3.05, 3.63) is 170 Å². The molecule has 0 unspecified atom stereocenters. The molecule has 0 N–H and O–H groups in total. The summed E-state index contributed by atoms with van der Waals surface area (Å²) in [6.45, 7) is 0. The minimum absolute atomic E-state index is 0.713. The van der Waals surface area contributed by atoms with Crippen molar-refractivity contribution < 1.29 is 4.42 Å². The van der Waals surface area contributed by atoms with Crippen molar-refractivity contribution in [2.45, 2.75) is 0 Å². The number of furan rings is 1. The zero-order chi connectivity index (χ0) is 34.2. The molecular weight excluding hydrogens is 653 g/mol. The molecule has 3 nitrogen and oxygen atoms in total. The number of hydrogen-bond donors (Lipinski definition) is 0. The zero-order valence-corrected chi connectivity index (χ0v) is 28.7. The number of benzene rings is 8. The van der Waals surface area contributed by atoms with Crippen LogP contribution in [0.1, 0.15) is 0 Å². The molecule has 3 heterocycles. The van der Waals surface area contributed by atoms with Gasteiger partial charge in [0.15, 0.2) is 5.82 Å². The highest BCUT2D eigenvalue weighted by Crippen LogP contribution is 2.43. The molecule has 3 aromatic heterocycles. The van der Waals surface area contributed by atoms with Crippen molar-refractivity contribution in [1.29, 1.82) is 0 Å². The van der Waals surface area contributed by atoms with Crippen LogP contribution in [-0.4, -0.2) is 9.97 Å². The molecular formula is C48H28N2OS. The van der Waals surface area contributed by atoms with Gasteiger partial charge >= 0.3 is 0 Å². The first-order chi connectivity index (χ1) is 25.7. The fraction of sp³-hybridized carbons (Fsp3) is 0. The highest BCUT2D eigenvalue weighted by molar-refractivity contribution is 7.26. The van der Waals surface area contributed by atoms with Gasteiger partial charge in [-0.2, -0.15) is 0 Å². The van der Waals surface area contributed by atoms with Crippen molar-refractivity contribution in [3.8, 4) is 44.9 Å². The minimum Gasteiger partial charge on any atom is -0.455 e. The Hall–Kier alpha value is -6.62. The Kier molecular flexibility index (Phi) is 6.42. The van der Waals surface area contributed by atoms with Crippen LogP contribution in [0.3, 0.4) is 0 Å². The van der Waals surface area contributed by atoms with Gasteiger partial charge in [0.2, 0.25) is 0 Å². The smallest absolute Gasteiger partial charge is 0.161 e. The molecule has 0 radical (unpaired) electrons. The normalized spacial score (nSPS) is 11.8. The fourth-order valence-corrected chi connectivity index (χ4v) is 8.84. The quantitative estimate of drug-likeness (QED) is 0.186. The summed E-state index contributed by atoms with van der Waals surface area (Å²) in [6, 6.07) is 60.2. The average molecular weight is 681 g/mol. The van der Waals surface area contributed by atoms with E-state index < -0.39 is 0 Å². The molecule has 0 saturated heterocycles. The first-order valence-corrected chi connectivity index (χ1v) is 18.3. The van der Waals surface area contributed by atoms with E-state index in [0.717, 1.165) is 76.3 Å². The molecule has 4 heteroatoms. The third kappa shape index (κ3) is 4.58. The number of thiophene rings is 1.